The minimum Gasteiger partial charge on any atom is -0.497 e. The molecule has 140 valence electrons. The van der Waals surface area contributed by atoms with E-state index in [-0.39, 0.29) is 12.5 Å². The number of nitriles is 1. The van der Waals surface area contributed by atoms with Crippen molar-refractivity contribution < 1.29 is 23.7 Å². The normalized spacial score (nSPS) is 14.6. The van der Waals surface area contributed by atoms with Crippen LogP contribution in [0.3, 0.4) is 0 Å². The van der Waals surface area contributed by atoms with Gasteiger partial charge in [-0.05, 0) is 35.9 Å². The minimum atomic E-state index is -1.58. The van der Waals surface area contributed by atoms with Gasteiger partial charge in [-0.25, -0.2) is 0 Å². The van der Waals surface area contributed by atoms with Crippen molar-refractivity contribution in [2.45, 2.75) is 12.3 Å². The topological polar surface area (TPSA) is 81.0 Å². The van der Waals surface area contributed by atoms with Crippen LogP contribution in [0.4, 0.5) is 5.69 Å². The fraction of sp³-hybridized carbons (Fsp3) is 0.300. The summed E-state index contributed by atoms with van der Waals surface area (Å²) in [4.78, 5) is 14.8. The number of carbonyl (C=O) groups excluding carboxylic acids is 1. The molecule has 1 aliphatic rings. The van der Waals surface area contributed by atoms with Crippen molar-refractivity contribution in [1.82, 2.24) is 0 Å². The van der Waals surface area contributed by atoms with Crippen LogP contribution in [0, 0.1) is 11.3 Å². The number of methoxy groups -OCH3 is 4. The number of carbonyl (C=O) groups is 1. The average molecular weight is 368 g/mol. The molecule has 0 N–H and O–H groups in total. The Hall–Kier alpha value is -3.08. The molecule has 0 aromatic heterocycles. The van der Waals surface area contributed by atoms with Gasteiger partial charge in [-0.2, -0.15) is 5.26 Å². The predicted molar refractivity (Wildman–Crippen MR) is 97.6 cm³/mol. The van der Waals surface area contributed by atoms with E-state index in [1.54, 1.807) is 43.4 Å². The molecule has 0 aliphatic carbocycles. The van der Waals surface area contributed by atoms with E-state index in [0.29, 0.717) is 28.3 Å². The third kappa shape index (κ3) is 2.99. The Morgan fingerprint density at radius 1 is 1.00 bits per heavy atom. The van der Waals surface area contributed by atoms with Gasteiger partial charge >= 0.3 is 0 Å². The van der Waals surface area contributed by atoms with E-state index in [1.165, 1.54) is 14.2 Å². The van der Waals surface area contributed by atoms with Crippen LogP contribution < -0.4 is 14.4 Å². The molecule has 0 saturated heterocycles. The number of hydrogen-bond donors (Lipinski definition) is 0. The highest BCUT2D eigenvalue weighted by molar-refractivity contribution is 6.06. The zero-order valence-electron chi connectivity index (χ0n) is 15.6. The number of hydrogen-bond acceptors (Lipinski definition) is 6. The van der Waals surface area contributed by atoms with Crippen LogP contribution in [0.5, 0.6) is 11.5 Å². The zero-order valence-corrected chi connectivity index (χ0v) is 15.6. The molecular formula is C20H20N2O5. The number of benzene rings is 2. The number of amides is 1. The van der Waals surface area contributed by atoms with Gasteiger partial charge in [0, 0.05) is 25.8 Å². The van der Waals surface area contributed by atoms with Crippen molar-refractivity contribution in [1.29, 1.82) is 5.26 Å². The molecule has 1 aliphatic heterocycles. The van der Waals surface area contributed by atoms with Crippen molar-refractivity contribution in [3.63, 3.8) is 0 Å². The molecule has 0 saturated carbocycles. The van der Waals surface area contributed by atoms with Crippen LogP contribution in [0.1, 0.15) is 16.7 Å². The first-order chi connectivity index (χ1) is 13.0. The summed E-state index contributed by atoms with van der Waals surface area (Å²) in [6.07, 6.45) is 0. The molecule has 0 radical (unpaired) electrons. The molecule has 27 heavy (non-hydrogen) atoms. The number of rotatable bonds is 6. The second kappa shape index (κ2) is 7.27. The molecule has 1 amide bonds. The van der Waals surface area contributed by atoms with Gasteiger partial charge in [-0.3, -0.25) is 4.79 Å². The fourth-order valence-electron chi connectivity index (χ4n) is 3.28. The van der Waals surface area contributed by atoms with Crippen LogP contribution in [0.15, 0.2) is 36.4 Å². The van der Waals surface area contributed by atoms with Crippen LogP contribution in [-0.4, -0.2) is 34.3 Å². The van der Waals surface area contributed by atoms with E-state index in [4.69, 9.17) is 18.9 Å². The van der Waals surface area contributed by atoms with Crippen molar-refractivity contribution in [2.24, 2.45) is 0 Å². The highest BCUT2D eigenvalue weighted by Crippen LogP contribution is 2.44. The van der Waals surface area contributed by atoms with Crippen LogP contribution in [0.2, 0.25) is 0 Å². The molecule has 3 rings (SSSR count). The van der Waals surface area contributed by atoms with Crippen molar-refractivity contribution in [3.05, 3.63) is 53.1 Å². The maximum Gasteiger partial charge on any atom is 0.292 e. The Morgan fingerprint density at radius 2 is 1.63 bits per heavy atom. The van der Waals surface area contributed by atoms with Crippen molar-refractivity contribution >= 4 is 11.6 Å². The largest absolute Gasteiger partial charge is 0.497 e. The van der Waals surface area contributed by atoms with Gasteiger partial charge < -0.3 is 23.8 Å². The van der Waals surface area contributed by atoms with E-state index in [0.717, 1.165) is 5.56 Å². The van der Waals surface area contributed by atoms with Gasteiger partial charge in [0.2, 0.25) is 0 Å². The summed E-state index contributed by atoms with van der Waals surface area (Å²) in [7, 11) is 5.95. The molecule has 0 fully saturated rings. The molecule has 1 heterocycles. The standard InChI is InChI=1S/C20H20N2O5/c1-24-15-7-14(8-16(10-15)25-2)12-22-18-6-5-13(11-21)9-17(18)20(26-3,27-4)19(22)23/h5-10H,12H2,1-4H3. The second-order valence-corrected chi connectivity index (χ2v) is 5.98. The summed E-state index contributed by atoms with van der Waals surface area (Å²) < 4.78 is 21.5. The minimum absolute atomic E-state index is 0.264. The van der Waals surface area contributed by atoms with Crippen molar-refractivity contribution in [2.75, 3.05) is 33.3 Å². The summed E-state index contributed by atoms with van der Waals surface area (Å²) >= 11 is 0. The maximum absolute atomic E-state index is 13.2. The van der Waals surface area contributed by atoms with E-state index in [9.17, 15) is 10.1 Å². The molecule has 7 heteroatoms. The summed E-state index contributed by atoms with van der Waals surface area (Å²) in [5.41, 5.74) is 2.37. The highest BCUT2D eigenvalue weighted by atomic mass is 16.7. The number of nitrogens with zero attached hydrogens (tertiary/aromatic N) is 2. The van der Waals surface area contributed by atoms with Crippen LogP contribution >= 0.6 is 0 Å². The molecule has 0 atom stereocenters. The zero-order chi connectivity index (χ0) is 19.6. The Kier molecular flexibility index (Phi) is 5.04. The average Bonchev–Trinajstić information content (AvgIpc) is 2.94. The SMILES string of the molecule is COc1cc(CN2C(=O)C(OC)(OC)c3cc(C#N)ccc32)cc(OC)c1. The molecule has 7 nitrogen and oxygen atoms in total. The van der Waals surface area contributed by atoms with E-state index >= 15 is 0 Å². The fourth-order valence-corrected chi connectivity index (χ4v) is 3.28. The second-order valence-electron chi connectivity index (χ2n) is 5.98. The lowest BCUT2D eigenvalue weighted by Gasteiger charge is -2.25. The molecule has 2 aromatic carbocycles. The predicted octanol–water partition coefficient (Wildman–Crippen LogP) is 2.57. The number of anilines is 1. The van der Waals surface area contributed by atoms with Gasteiger partial charge in [0.05, 0.1) is 38.1 Å². The first-order valence-corrected chi connectivity index (χ1v) is 8.21. The quantitative estimate of drug-likeness (QED) is 0.729. The molecule has 0 unspecified atom stereocenters. The summed E-state index contributed by atoms with van der Waals surface area (Å²) in [5.74, 6) is -0.688. The lowest BCUT2D eigenvalue weighted by atomic mass is 10.0. The summed E-state index contributed by atoms with van der Waals surface area (Å²) in [6.45, 7) is 0.264. The third-order valence-corrected chi connectivity index (χ3v) is 4.62. The molecule has 0 bridgehead atoms. The van der Waals surface area contributed by atoms with Gasteiger partial charge in [-0.1, -0.05) is 0 Å². The Labute approximate surface area is 157 Å². The highest BCUT2D eigenvalue weighted by Gasteiger charge is 2.52. The van der Waals surface area contributed by atoms with Gasteiger partial charge in [0.1, 0.15) is 11.5 Å². The Morgan fingerprint density at radius 3 is 2.15 bits per heavy atom. The lowest BCUT2D eigenvalue weighted by molar-refractivity contribution is -0.209. The van der Waals surface area contributed by atoms with E-state index in [2.05, 4.69) is 6.07 Å². The molecule has 2 aromatic rings. The molecular weight excluding hydrogens is 348 g/mol. The number of fused-ring (bicyclic) bond motifs is 1. The maximum atomic E-state index is 13.2. The smallest absolute Gasteiger partial charge is 0.292 e. The Bertz CT molecular complexity index is 893. The van der Waals surface area contributed by atoms with Gasteiger partial charge in [0.25, 0.3) is 11.7 Å². The van der Waals surface area contributed by atoms with Crippen LogP contribution in [0.25, 0.3) is 0 Å². The number of ether oxygens (including phenoxy) is 4. The first kappa shape index (κ1) is 18.7. The third-order valence-electron chi connectivity index (χ3n) is 4.62. The monoisotopic (exact) mass is 368 g/mol. The van der Waals surface area contributed by atoms with E-state index < -0.39 is 5.79 Å². The van der Waals surface area contributed by atoms with Crippen LogP contribution in [-0.2, 0) is 26.6 Å². The summed E-state index contributed by atoms with van der Waals surface area (Å²) in [5, 5.41) is 9.21. The van der Waals surface area contributed by atoms with Gasteiger partial charge in [-0.15, -0.1) is 0 Å². The van der Waals surface area contributed by atoms with Crippen molar-refractivity contribution in [3.8, 4) is 17.6 Å². The lowest BCUT2D eigenvalue weighted by Crippen LogP contribution is -2.43. The summed E-state index contributed by atoms with van der Waals surface area (Å²) in [6, 6.07) is 12.5. The van der Waals surface area contributed by atoms with Gasteiger partial charge in [0.15, 0.2) is 0 Å². The molecule has 0 spiro atoms. The Balaban J connectivity index is 2.08. The van der Waals surface area contributed by atoms with E-state index in [1.807, 2.05) is 12.1 Å². The first-order valence-electron chi connectivity index (χ1n) is 8.21.